The molecule has 2 amide bonds. The molecule has 0 saturated carbocycles. The van der Waals surface area contributed by atoms with Gasteiger partial charge in [-0.15, -0.1) is 0 Å². The first-order valence-corrected chi connectivity index (χ1v) is 13.1. The fourth-order valence-corrected chi connectivity index (χ4v) is 5.14. The van der Waals surface area contributed by atoms with Gasteiger partial charge in [-0.25, -0.2) is 8.78 Å². The minimum absolute atomic E-state index is 0.00498. The lowest BCUT2D eigenvalue weighted by atomic mass is 9.92. The lowest BCUT2D eigenvalue weighted by Gasteiger charge is -2.29. The Bertz CT molecular complexity index is 1270. The van der Waals surface area contributed by atoms with Gasteiger partial charge in [0.2, 0.25) is 11.8 Å². The summed E-state index contributed by atoms with van der Waals surface area (Å²) < 4.78 is 27.8. The summed E-state index contributed by atoms with van der Waals surface area (Å²) in [7, 11) is 1.65. The van der Waals surface area contributed by atoms with Gasteiger partial charge in [0, 0.05) is 45.0 Å². The second kappa shape index (κ2) is 12.9. The van der Waals surface area contributed by atoms with E-state index in [1.807, 2.05) is 18.2 Å². The normalized spacial score (nSPS) is 18.7. The predicted molar refractivity (Wildman–Crippen MR) is 143 cm³/mol. The van der Waals surface area contributed by atoms with Crippen molar-refractivity contribution in [2.24, 2.45) is 5.92 Å². The molecule has 0 aliphatic carbocycles. The van der Waals surface area contributed by atoms with Gasteiger partial charge >= 0.3 is 0 Å². The molecular weight excluding hydrogens is 502 g/mol. The second-order valence-electron chi connectivity index (χ2n) is 10.0. The zero-order chi connectivity index (χ0) is 27.9. The summed E-state index contributed by atoms with van der Waals surface area (Å²) in [6.07, 6.45) is 3.07. The molecule has 0 spiro atoms. The largest absolute Gasteiger partial charge is 0.390 e. The molecule has 3 aromatic rings. The summed E-state index contributed by atoms with van der Waals surface area (Å²) in [5.41, 5.74) is 3.34. The maximum atomic E-state index is 13.9. The Kier molecular flexibility index (Phi) is 9.37. The number of likely N-dealkylation sites (tertiary alicyclic amines) is 1. The quantitative estimate of drug-likeness (QED) is 0.350. The van der Waals surface area contributed by atoms with E-state index in [0.717, 1.165) is 23.6 Å². The lowest BCUT2D eigenvalue weighted by Crippen LogP contribution is -2.50. The molecule has 3 N–H and O–H groups in total. The molecule has 9 heteroatoms. The first kappa shape index (κ1) is 28.3. The third kappa shape index (κ3) is 7.25. The van der Waals surface area contributed by atoms with Crippen LogP contribution >= 0.6 is 0 Å². The Balaban J connectivity index is 1.50. The van der Waals surface area contributed by atoms with Gasteiger partial charge in [0.15, 0.2) is 0 Å². The predicted octanol–water partition coefficient (Wildman–Crippen LogP) is 3.32. The topological polar surface area (TPSA) is 94.6 Å². The van der Waals surface area contributed by atoms with Crippen LogP contribution in [0, 0.1) is 17.6 Å². The molecule has 0 radical (unpaired) electrons. The summed E-state index contributed by atoms with van der Waals surface area (Å²) in [4.78, 5) is 31.7. The number of carbonyl (C=O) groups is 2. The van der Waals surface area contributed by atoms with E-state index in [1.165, 1.54) is 17.7 Å². The van der Waals surface area contributed by atoms with Crippen molar-refractivity contribution in [3.63, 3.8) is 0 Å². The van der Waals surface area contributed by atoms with Crippen molar-refractivity contribution in [2.75, 3.05) is 13.6 Å². The monoisotopic (exact) mass is 536 g/mol. The average Bonchev–Trinajstić information content (AvgIpc) is 3.22. The number of pyridine rings is 1. The molecule has 206 valence electrons. The van der Waals surface area contributed by atoms with Crippen LogP contribution in [0.3, 0.4) is 0 Å². The third-order valence-electron chi connectivity index (χ3n) is 7.22. The number of nitrogens with zero attached hydrogens (tertiary/aromatic N) is 2. The minimum Gasteiger partial charge on any atom is -0.390 e. The highest BCUT2D eigenvalue weighted by atomic mass is 19.1. The number of halogens is 2. The van der Waals surface area contributed by atoms with Crippen LogP contribution in [0.4, 0.5) is 8.78 Å². The minimum atomic E-state index is -1.07. The van der Waals surface area contributed by atoms with Gasteiger partial charge in [0.1, 0.15) is 11.6 Å². The van der Waals surface area contributed by atoms with Gasteiger partial charge in [-0.05, 0) is 59.4 Å². The van der Waals surface area contributed by atoms with Gasteiger partial charge in [-0.2, -0.15) is 0 Å². The number of rotatable bonds is 11. The van der Waals surface area contributed by atoms with Crippen LogP contribution in [0.25, 0.3) is 0 Å². The van der Waals surface area contributed by atoms with Crippen LogP contribution in [0.15, 0.2) is 67.0 Å². The van der Waals surface area contributed by atoms with Crippen molar-refractivity contribution in [3.05, 3.63) is 101 Å². The summed E-state index contributed by atoms with van der Waals surface area (Å²) in [5, 5.41) is 17.2. The van der Waals surface area contributed by atoms with Crippen LogP contribution in [-0.2, 0) is 29.0 Å². The van der Waals surface area contributed by atoms with Crippen LogP contribution < -0.4 is 10.6 Å². The van der Waals surface area contributed by atoms with Crippen molar-refractivity contribution < 1.29 is 23.5 Å². The number of amides is 2. The van der Waals surface area contributed by atoms with E-state index >= 15 is 0 Å². The molecule has 1 fully saturated rings. The number of nitrogens with one attached hydrogen (secondary N) is 2. The third-order valence-corrected chi connectivity index (χ3v) is 7.22. The Labute approximate surface area is 227 Å². The van der Waals surface area contributed by atoms with E-state index in [0.29, 0.717) is 12.1 Å². The zero-order valence-electron chi connectivity index (χ0n) is 22.1. The van der Waals surface area contributed by atoms with Gasteiger partial charge in [0.25, 0.3) is 0 Å². The second-order valence-corrected chi connectivity index (χ2v) is 10.0. The molecule has 2 heterocycles. The summed E-state index contributed by atoms with van der Waals surface area (Å²) in [6.45, 7) is 2.72. The standard InChI is InChI=1S/C30H34F2N4O3/c1-3-19-5-4-6-20(11-19)17-34-18-27(37)26(14-21-12-23(31)15-24(32)13-21)35-30(39)25-16-28(38)36(2)29(25)22-7-9-33-10-8-22/h4-13,15,25-27,29,34,37H,3,14,16-18H2,1-2H3,(H,35,39)/t25-,26-,27+,29-/m1/s1. The fraction of sp³-hybridized carbons (Fsp3) is 0.367. The van der Waals surface area contributed by atoms with Gasteiger partial charge in [-0.1, -0.05) is 31.2 Å². The number of carbonyl (C=O) groups excluding carboxylic acids is 2. The van der Waals surface area contributed by atoms with Crippen LogP contribution in [0.2, 0.25) is 0 Å². The molecule has 39 heavy (non-hydrogen) atoms. The smallest absolute Gasteiger partial charge is 0.226 e. The van der Waals surface area contributed by atoms with Crippen LogP contribution in [-0.4, -0.2) is 52.5 Å². The highest BCUT2D eigenvalue weighted by Crippen LogP contribution is 2.37. The Hall–Kier alpha value is -3.69. The molecular formula is C30H34F2N4O3. The maximum Gasteiger partial charge on any atom is 0.226 e. The lowest BCUT2D eigenvalue weighted by molar-refractivity contribution is -0.129. The van der Waals surface area contributed by atoms with Crippen molar-refractivity contribution in [3.8, 4) is 0 Å². The van der Waals surface area contributed by atoms with Gasteiger partial charge in [-0.3, -0.25) is 14.6 Å². The Morgan fingerprint density at radius 2 is 1.77 bits per heavy atom. The van der Waals surface area contributed by atoms with Crippen molar-refractivity contribution in [2.45, 2.75) is 50.9 Å². The molecule has 4 rings (SSSR count). The molecule has 1 aliphatic heterocycles. The number of hydrogen-bond acceptors (Lipinski definition) is 5. The Morgan fingerprint density at radius 1 is 1.08 bits per heavy atom. The van der Waals surface area contributed by atoms with E-state index < -0.39 is 41.6 Å². The SMILES string of the molecule is CCc1cccc(CNC[C@H](O)[C@@H](Cc2cc(F)cc(F)c2)NC(=O)[C@@H]2CC(=O)N(C)[C@@H]2c2ccncc2)c1. The molecule has 0 unspecified atom stereocenters. The van der Waals surface area contributed by atoms with Crippen LogP contribution in [0.1, 0.15) is 41.6 Å². The van der Waals surface area contributed by atoms with E-state index in [9.17, 15) is 23.5 Å². The molecule has 4 atom stereocenters. The average molecular weight is 537 g/mol. The highest BCUT2D eigenvalue weighted by Gasteiger charge is 2.43. The number of aryl methyl sites for hydroxylation is 1. The maximum absolute atomic E-state index is 13.9. The first-order chi connectivity index (χ1) is 18.7. The molecule has 1 aromatic heterocycles. The fourth-order valence-electron chi connectivity index (χ4n) is 5.14. The number of aromatic nitrogens is 1. The molecule has 0 bridgehead atoms. The summed E-state index contributed by atoms with van der Waals surface area (Å²) in [5.74, 6) is -2.75. The molecule has 2 aromatic carbocycles. The molecule has 1 saturated heterocycles. The number of aliphatic hydroxyl groups is 1. The number of benzene rings is 2. The van der Waals surface area contributed by atoms with E-state index in [2.05, 4.69) is 28.6 Å². The van der Waals surface area contributed by atoms with E-state index in [1.54, 1.807) is 36.5 Å². The van der Waals surface area contributed by atoms with Gasteiger partial charge in [0.05, 0.1) is 24.1 Å². The Morgan fingerprint density at radius 3 is 2.46 bits per heavy atom. The van der Waals surface area contributed by atoms with E-state index in [-0.39, 0.29) is 25.3 Å². The summed E-state index contributed by atoms with van der Waals surface area (Å²) in [6, 6.07) is 13.4. The van der Waals surface area contributed by atoms with Crippen molar-refractivity contribution in [1.82, 2.24) is 20.5 Å². The van der Waals surface area contributed by atoms with Crippen molar-refractivity contribution in [1.29, 1.82) is 0 Å². The molecule has 7 nitrogen and oxygen atoms in total. The number of hydrogen-bond donors (Lipinski definition) is 3. The van der Waals surface area contributed by atoms with Crippen LogP contribution in [0.5, 0.6) is 0 Å². The molecule has 1 aliphatic rings. The van der Waals surface area contributed by atoms with Crippen molar-refractivity contribution >= 4 is 11.8 Å². The summed E-state index contributed by atoms with van der Waals surface area (Å²) >= 11 is 0. The first-order valence-electron chi connectivity index (χ1n) is 13.1. The van der Waals surface area contributed by atoms with E-state index in [4.69, 9.17) is 0 Å². The van der Waals surface area contributed by atoms with Gasteiger partial charge < -0.3 is 20.6 Å². The highest BCUT2D eigenvalue weighted by molar-refractivity contribution is 5.90. The number of aliphatic hydroxyl groups excluding tert-OH is 1. The zero-order valence-corrected chi connectivity index (χ0v) is 22.1.